The first-order valence-electron chi connectivity index (χ1n) is 6.91. The Morgan fingerprint density at radius 3 is 2.90 bits per heavy atom. The summed E-state index contributed by atoms with van der Waals surface area (Å²) in [6.45, 7) is 0.523. The minimum Gasteiger partial charge on any atom is -0.330 e. The lowest BCUT2D eigenvalue weighted by Crippen LogP contribution is -2.39. The van der Waals surface area contributed by atoms with E-state index in [1.54, 1.807) is 18.2 Å². The molecule has 2 aromatic rings. The van der Waals surface area contributed by atoms with E-state index in [9.17, 15) is 8.42 Å². The molecule has 1 aromatic carbocycles. The lowest BCUT2D eigenvalue weighted by atomic mass is 10.1. The molecule has 3 rings (SSSR count). The summed E-state index contributed by atoms with van der Waals surface area (Å²) in [5.74, 6) is 0.239. The summed E-state index contributed by atoms with van der Waals surface area (Å²) in [5.41, 5.74) is 5.71. The number of hydrogen-bond donors (Lipinski definition) is 2. The van der Waals surface area contributed by atoms with Gasteiger partial charge in [0.2, 0.25) is 10.0 Å². The number of sulfonamides is 1. The summed E-state index contributed by atoms with van der Waals surface area (Å²) >= 11 is 7.21. The van der Waals surface area contributed by atoms with Gasteiger partial charge >= 0.3 is 0 Å². The number of benzene rings is 1. The zero-order chi connectivity index (χ0) is 15.0. The highest BCUT2D eigenvalue weighted by Crippen LogP contribution is 2.32. The first kappa shape index (κ1) is 15.2. The smallest absolute Gasteiger partial charge is 0.250 e. The average Bonchev–Trinajstić information content (AvgIpc) is 3.04. The molecule has 1 fully saturated rings. The molecular formula is C14H17ClN2O2S2. The van der Waals surface area contributed by atoms with Crippen molar-refractivity contribution in [2.24, 2.45) is 11.7 Å². The third kappa shape index (κ3) is 3.10. The lowest BCUT2D eigenvalue weighted by molar-refractivity contribution is 0.453. The summed E-state index contributed by atoms with van der Waals surface area (Å²) < 4.78 is 29.1. The topological polar surface area (TPSA) is 72.2 Å². The molecule has 4 nitrogen and oxygen atoms in total. The summed E-state index contributed by atoms with van der Waals surface area (Å²) in [5, 5.41) is 1.46. The molecule has 114 valence electrons. The fourth-order valence-electron chi connectivity index (χ4n) is 2.85. The predicted octanol–water partition coefficient (Wildman–Crippen LogP) is 2.96. The largest absolute Gasteiger partial charge is 0.330 e. The Morgan fingerprint density at radius 1 is 1.33 bits per heavy atom. The Kier molecular flexibility index (Phi) is 4.25. The van der Waals surface area contributed by atoms with Crippen molar-refractivity contribution in [3.8, 4) is 0 Å². The molecule has 3 N–H and O–H groups in total. The van der Waals surface area contributed by atoms with Gasteiger partial charge in [0, 0.05) is 15.8 Å². The van der Waals surface area contributed by atoms with Crippen molar-refractivity contribution in [2.45, 2.75) is 29.5 Å². The van der Waals surface area contributed by atoms with Gasteiger partial charge in [0.1, 0.15) is 4.21 Å². The quantitative estimate of drug-likeness (QED) is 0.895. The van der Waals surface area contributed by atoms with Crippen LogP contribution in [-0.2, 0) is 10.0 Å². The Balaban J connectivity index is 1.89. The van der Waals surface area contributed by atoms with Crippen molar-refractivity contribution in [2.75, 3.05) is 6.54 Å². The van der Waals surface area contributed by atoms with Crippen molar-refractivity contribution in [1.82, 2.24) is 4.72 Å². The van der Waals surface area contributed by atoms with Crippen LogP contribution >= 0.6 is 22.9 Å². The normalized spacial score (nSPS) is 23.0. The number of rotatable bonds is 4. The highest BCUT2D eigenvalue weighted by Gasteiger charge is 2.31. The van der Waals surface area contributed by atoms with E-state index in [1.807, 2.05) is 6.07 Å². The molecule has 2 atom stereocenters. The summed E-state index contributed by atoms with van der Waals surface area (Å²) in [7, 11) is -3.49. The van der Waals surface area contributed by atoms with Gasteiger partial charge in [0.25, 0.3) is 0 Å². The molecule has 1 saturated carbocycles. The van der Waals surface area contributed by atoms with Crippen LogP contribution < -0.4 is 10.5 Å². The van der Waals surface area contributed by atoms with Gasteiger partial charge in [-0.1, -0.05) is 18.0 Å². The van der Waals surface area contributed by atoms with Gasteiger partial charge < -0.3 is 5.73 Å². The van der Waals surface area contributed by atoms with Crippen LogP contribution in [0.5, 0.6) is 0 Å². The molecule has 0 amide bonds. The Morgan fingerprint density at radius 2 is 2.14 bits per heavy atom. The van der Waals surface area contributed by atoms with E-state index < -0.39 is 10.0 Å². The predicted molar refractivity (Wildman–Crippen MR) is 87.3 cm³/mol. The zero-order valence-electron chi connectivity index (χ0n) is 11.4. The fourth-order valence-corrected chi connectivity index (χ4v) is 5.77. The fraction of sp³-hybridized carbons (Fsp3) is 0.429. The van der Waals surface area contributed by atoms with Gasteiger partial charge in [-0.3, -0.25) is 0 Å². The van der Waals surface area contributed by atoms with Crippen molar-refractivity contribution in [3.05, 3.63) is 29.3 Å². The van der Waals surface area contributed by atoms with Gasteiger partial charge in [0.05, 0.1) is 0 Å². The molecule has 1 heterocycles. The first-order chi connectivity index (χ1) is 9.99. The molecule has 1 aliphatic carbocycles. The monoisotopic (exact) mass is 344 g/mol. The van der Waals surface area contributed by atoms with Crippen LogP contribution in [0.1, 0.15) is 19.3 Å². The molecule has 1 aliphatic rings. The molecule has 1 aromatic heterocycles. The van der Waals surface area contributed by atoms with E-state index in [2.05, 4.69) is 4.72 Å². The standard InChI is InChI=1S/C14H17ClN2O2S2/c15-11-4-5-13-10(6-11)7-14(20-13)21(18,19)17-12-3-1-2-9(12)8-16/h4-7,9,12,17H,1-3,8,16H2. The van der Waals surface area contributed by atoms with Crippen LogP contribution in [0.3, 0.4) is 0 Å². The Bertz CT molecular complexity index is 757. The molecule has 2 unspecified atom stereocenters. The summed E-state index contributed by atoms with van der Waals surface area (Å²) in [6.07, 6.45) is 2.88. The number of nitrogens with two attached hydrogens (primary N) is 1. The van der Waals surface area contributed by atoms with Crippen LogP contribution in [-0.4, -0.2) is 21.0 Å². The minimum atomic E-state index is -3.49. The van der Waals surface area contributed by atoms with Crippen molar-refractivity contribution >= 4 is 43.0 Å². The van der Waals surface area contributed by atoms with Crippen LogP contribution in [0.25, 0.3) is 10.1 Å². The maximum Gasteiger partial charge on any atom is 0.250 e. The Hall–Kier alpha value is -0.660. The van der Waals surface area contributed by atoms with E-state index in [-0.39, 0.29) is 12.0 Å². The summed E-state index contributed by atoms with van der Waals surface area (Å²) in [6, 6.07) is 7.03. The minimum absolute atomic E-state index is 0.0474. The van der Waals surface area contributed by atoms with Crippen LogP contribution in [0.15, 0.2) is 28.5 Å². The van der Waals surface area contributed by atoms with E-state index >= 15 is 0 Å². The summed E-state index contributed by atoms with van der Waals surface area (Å²) in [4.78, 5) is 0. The van der Waals surface area contributed by atoms with Crippen molar-refractivity contribution in [3.63, 3.8) is 0 Å². The second kappa shape index (κ2) is 5.85. The average molecular weight is 345 g/mol. The van der Waals surface area contributed by atoms with Gasteiger partial charge in [0.15, 0.2) is 0 Å². The number of nitrogens with one attached hydrogen (secondary N) is 1. The van der Waals surface area contributed by atoms with Crippen LogP contribution in [0.2, 0.25) is 5.02 Å². The molecular weight excluding hydrogens is 328 g/mol. The molecule has 7 heteroatoms. The van der Waals surface area contributed by atoms with Gasteiger partial charge in [-0.05, 0) is 55.0 Å². The molecule has 0 radical (unpaired) electrons. The lowest BCUT2D eigenvalue weighted by Gasteiger charge is -2.18. The van der Waals surface area contributed by atoms with Crippen molar-refractivity contribution in [1.29, 1.82) is 0 Å². The second-order valence-electron chi connectivity index (χ2n) is 5.40. The van der Waals surface area contributed by atoms with E-state index in [1.165, 1.54) is 11.3 Å². The number of thiophene rings is 1. The third-order valence-electron chi connectivity index (χ3n) is 3.99. The van der Waals surface area contributed by atoms with Gasteiger partial charge in [-0.15, -0.1) is 11.3 Å². The number of fused-ring (bicyclic) bond motifs is 1. The molecule has 0 spiro atoms. The first-order valence-corrected chi connectivity index (χ1v) is 9.59. The molecule has 0 bridgehead atoms. The van der Waals surface area contributed by atoms with Gasteiger partial charge in [-0.25, -0.2) is 13.1 Å². The van der Waals surface area contributed by atoms with Crippen LogP contribution in [0, 0.1) is 5.92 Å². The number of halogens is 1. The third-order valence-corrected chi connectivity index (χ3v) is 7.30. The maximum atomic E-state index is 12.5. The number of hydrogen-bond acceptors (Lipinski definition) is 4. The SMILES string of the molecule is NCC1CCCC1NS(=O)(=O)c1cc2cc(Cl)ccc2s1. The van der Waals surface area contributed by atoms with Gasteiger partial charge in [-0.2, -0.15) is 0 Å². The zero-order valence-corrected chi connectivity index (χ0v) is 13.8. The maximum absolute atomic E-state index is 12.5. The molecule has 0 saturated heterocycles. The Labute approximate surface area is 133 Å². The van der Waals surface area contributed by atoms with Crippen LogP contribution in [0.4, 0.5) is 0 Å². The van der Waals surface area contributed by atoms with E-state index in [0.29, 0.717) is 15.8 Å². The van der Waals surface area contributed by atoms with Crippen molar-refractivity contribution < 1.29 is 8.42 Å². The highest BCUT2D eigenvalue weighted by molar-refractivity contribution is 7.91. The second-order valence-corrected chi connectivity index (χ2v) is 8.86. The van der Waals surface area contributed by atoms with E-state index in [0.717, 1.165) is 29.3 Å². The van der Waals surface area contributed by atoms with E-state index in [4.69, 9.17) is 17.3 Å². The molecule has 0 aliphatic heterocycles. The highest BCUT2D eigenvalue weighted by atomic mass is 35.5. The molecule has 21 heavy (non-hydrogen) atoms.